The molecule has 0 radical (unpaired) electrons. The fraction of sp³-hybridized carbons (Fsp3) is 0.600. The van der Waals surface area contributed by atoms with Crippen molar-refractivity contribution in [3.8, 4) is 0 Å². The number of hydrogen-bond donors (Lipinski definition) is 1. The number of benzene rings is 1. The highest BCUT2D eigenvalue weighted by Crippen LogP contribution is 2.31. The van der Waals surface area contributed by atoms with Crippen molar-refractivity contribution < 1.29 is 4.74 Å². The van der Waals surface area contributed by atoms with Crippen molar-refractivity contribution in [2.75, 3.05) is 25.1 Å². The molecule has 19 heavy (non-hydrogen) atoms. The van der Waals surface area contributed by atoms with Crippen molar-refractivity contribution in [1.29, 1.82) is 0 Å². The summed E-state index contributed by atoms with van der Waals surface area (Å²) >= 11 is 6.46. The van der Waals surface area contributed by atoms with E-state index >= 15 is 0 Å². The zero-order valence-electron chi connectivity index (χ0n) is 11.9. The van der Waals surface area contributed by atoms with Gasteiger partial charge in [0, 0.05) is 13.1 Å². The van der Waals surface area contributed by atoms with Gasteiger partial charge in [0.2, 0.25) is 0 Å². The van der Waals surface area contributed by atoms with E-state index in [9.17, 15) is 0 Å². The lowest BCUT2D eigenvalue weighted by Crippen LogP contribution is -2.48. The average Bonchev–Trinajstić information content (AvgIpc) is 2.39. The number of rotatable bonds is 4. The predicted molar refractivity (Wildman–Crippen MR) is 81.1 cm³/mol. The van der Waals surface area contributed by atoms with E-state index in [2.05, 4.69) is 42.3 Å². The van der Waals surface area contributed by atoms with Crippen molar-refractivity contribution in [2.45, 2.75) is 39.0 Å². The Morgan fingerprint density at radius 1 is 1.47 bits per heavy atom. The minimum absolute atomic E-state index is 0.260. The van der Waals surface area contributed by atoms with Gasteiger partial charge in [-0.25, -0.2) is 0 Å². The monoisotopic (exact) mass is 282 g/mol. The quantitative estimate of drug-likeness (QED) is 0.919. The maximum absolute atomic E-state index is 6.46. The highest BCUT2D eigenvalue weighted by atomic mass is 35.5. The number of nitrogens with zero attached hydrogens (tertiary/aromatic N) is 1. The topological polar surface area (TPSA) is 24.5 Å². The lowest BCUT2D eigenvalue weighted by Gasteiger charge is -2.40. The summed E-state index contributed by atoms with van der Waals surface area (Å²) in [6, 6.07) is 6.75. The summed E-state index contributed by atoms with van der Waals surface area (Å²) in [5.41, 5.74) is 2.34. The number of morpholine rings is 1. The third-order valence-electron chi connectivity index (χ3n) is 3.64. The van der Waals surface area contributed by atoms with Crippen LogP contribution in [0.3, 0.4) is 0 Å². The lowest BCUT2D eigenvalue weighted by molar-refractivity contribution is 0.0300. The van der Waals surface area contributed by atoms with Crippen LogP contribution in [0.4, 0.5) is 5.69 Å². The molecule has 0 aromatic heterocycles. The molecule has 1 N–H and O–H groups in total. The fourth-order valence-electron chi connectivity index (χ4n) is 2.57. The highest BCUT2D eigenvalue weighted by Gasteiger charge is 2.26. The van der Waals surface area contributed by atoms with Crippen molar-refractivity contribution >= 4 is 17.3 Å². The highest BCUT2D eigenvalue weighted by molar-refractivity contribution is 6.33. The molecule has 4 heteroatoms. The summed E-state index contributed by atoms with van der Waals surface area (Å²) in [4.78, 5) is 2.39. The number of nitrogens with one attached hydrogen (secondary N) is 1. The molecule has 106 valence electrons. The van der Waals surface area contributed by atoms with Crippen LogP contribution in [-0.2, 0) is 11.3 Å². The maximum atomic E-state index is 6.46. The first-order valence-electron chi connectivity index (χ1n) is 6.97. The van der Waals surface area contributed by atoms with E-state index in [-0.39, 0.29) is 6.10 Å². The van der Waals surface area contributed by atoms with E-state index in [4.69, 9.17) is 16.3 Å². The van der Waals surface area contributed by atoms with Gasteiger partial charge in [-0.1, -0.05) is 24.6 Å². The third kappa shape index (κ3) is 3.41. The first kappa shape index (κ1) is 14.6. The molecule has 1 aliphatic heterocycles. The van der Waals surface area contributed by atoms with E-state index in [1.807, 2.05) is 7.05 Å². The first-order valence-corrected chi connectivity index (χ1v) is 7.34. The van der Waals surface area contributed by atoms with Crippen LogP contribution in [0.15, 0.2) is 18.2 Å². The van der Waals surface area contributed by atoms with E-state index in [1.165, 1.54) is 5.56 Å². The number of halogens is 1. The minimum Gasteiger partial charge on any atom is -0.375 e. The summed E-state index contributed by atoms with van der Waals surface area (Å²) in [5.74, 6) is 0. The molecule has 0 amide bonds. The fourth-order valence-corrected chi connectivity index (χ4v) is 2.89. The van der Waals surface area contributed by atoms with Gasteiger partial charge in [0.25, 0.3) is 0 Å². The Hall–Kier alpha value is -0.770. The SMILES string of the molecule is CCC1COC(C)CN1c1ccc(CNC)cc1Cl. The van der Waals surface area contributed by atoms with Crippen molar-refractivity contribution in [1.82, 2.24) is 5.32 Å². The van der Waals surface area contributed by atoms with E-state index in [1.54, 1.807) is 0 Å². The third-order valence-corrected chi connectivity index (χ3v) is 3.94. The molecule has 0 bridgehead atoms. The van der Waals surface area contributed by atoms with Crippen LogP contribution < -0.4 is 10.2 Å². The number of hydrogen-bond acceptors (Lipinski definition) is 3. The molecule has 1 heterocycles. The van der Waals surface area contributed by atoms with Crippen molar-refractivity contribution in [3.05, 3.63) is 28.8 Å². The molecule has 1 aliphatic rings. The molecule has 2 rings (SSSR count). The van der Waals surface area contributed by atoms with Gasteiger partial charge >= 0.3 is 0 Å². The minimum atomic E-state index is 0.260. The molecule has 1 saturated heterocycles. The Labute approximate surface area is 120 Å². The Bertz CT molecular complexity index is 425. The standard InChI is InChI=1S/C15H23ClN2O/c1-4-13-10-19-11(2)9-18(13)15-6-5-12(8-17-3)7-14(15)16/h5-7,11,13,17H,4,8-10H2,1-3H3. The van der Waals surface area contributed by atoms with Gasteiger partial charge in [0.1, 0.15) is 0 Å². The normalized spacial score (nSPS) is 23.7. The molecule has 3 nitrogen and oxygen atoms in total. The second-order valence-corrected chi connectivity index (χ2v) is 5.58. The summed E-state index contributed by atoms with van der Waals surface area (Å²) in [5, 5.41) is 3.98. The van der Waals surface area contributed by atoms with Crippen LogP contribution in [-0.4, -0.2) is 32.3 Å². The van der Waals surface area contributed by atoms with Gasteiger partial charge in [-0.05, 0) is 38.1 Å². The van der Waals surface area contributed by atoms with Crippen LogP contribution in [0, 0.1) is 0 Å². The van der Waals surface area contributed by atoms with Gasteiger partial charge in [0.15, 0.2) is 0 Å². The van der Waals surface area contributed by atoms with Gasteiger partial charge < -0.3 is 15.0 Å². The average molecular weight is 283 g/mol. The Morgan fingerprint density at radius 2 is 2.26 bits per heavy atom. The van der Waals surface area contributed by atoms with Crippen LogP contribution in [0.5, 0.6) is 0 Å². The molecular formula is C15H23ClN2O. The Kier molecular flexibility index (Phi) is 5.08. The smallest absolute Gasteiger partial charge is 0.0723 e. The van der Waals surface area contributed by atoms with E-state index in [0.29, 0.717) is 6.04 Å². The van der Waals surface area contributed by atoms with Crippen LogP contribution in [0.1, 0.15) is 25.8 Å². The van der Waals surface area contributed by atoms with Crippen molar-refractivity contribution in [3.63, 3.8) is 0 Å². The van der Waals surface area contributed by atoms with E-state index in [0.717, 1.165) is 36.8 Å². The molecule has 1 aromatic rings. The largest absolute Gasteiger partial charge is 0.375 e. The number of ether oxygens (including phenoxy) is 1. The second kappa shape index (κ2) is 6.60. The summed E-state index contributed by atoms with van der Waals surface area (Å²) in [7, 11) is 1.94. The summed E-state index contributed by atoms with van der Waals surface area (Å²) in [6.07, 6.45) is 1.33. The van der Waals surface area contributed by atoms with Gasteiger partial charge in [0.05, 0.1) is 29.5 Å². The number of anilines is 1. The van der Waals surface area contributed by atoms with Gasteiger partial charge in [-0.15, -0.1) is 0 Å². The van der Waals surface area contributed by atoms with Gasteiger partial charge in [-0.2, -0.15) is 0 Å². The van der Waals surface area contributed by atoms with Crippen molar-refractivity contribution in [2.24, 2.45) is 0 Å². The zero-order chi connectivity index (χ0) is 13.8. The molecular weight excluding hydrogens is 260 g/mol. The van der Waals surface area contributed by atoms with Crippen LogP contribution in [0.2, 0.25) is 5.02 Å². The molecule has 0 spiro atoms. The Balaban J connectivity index is 2.23. The molecule has 2 atom stereocenters. The zero-order valence-corrected chi connectivity index (χ0v) is 12.7. The summed E-state index contributed by atoms with van der Waals surface area (Å²) in [6.45, 7) is 6.84. The Morgan fingerprint density at radius 3 is 2.89 bits per heavy atom. The van der Waals surface area contributed by atoms with Crippen LogP contribution >= 0.6 is 11.6 Å². The molecule has 0 saturated carbocycles. The van der Waals surface area contributed by atoms with Crippen LogP contribution in [0.25, 0.3) is 0 Å². The predicted octanol–water partition coefficient (Wildman–Crippen LogP) is 3.06. The molecule has 2 unspecified atom stereocenters. The lowest BCUT2D eigenvalue weighted by atomic mass is 10.1. The van der Waals surface area contributed by atoms with E-state index < -0.39 is 0 Å². The molecule has 0 aliphatic carbocycles. The summed E-state index contributed by atoms with van der Waals surface area (Å²) < 4.78 is 5.74. The first-order chi connectivity index (χ1) is 9.15. The maximum Gasteiger partial charge on any atom is 0.0723 e. The molecule has 1 aromatic carbocycles. The second-order valence-electron chi connectivity index (χ2n) is 5.17. The molecule has 1 fully saturated rings. The van der Waals surface area contributed by atoms with Gasteiger partial charge in [-0.3, -0.25) is 0 Å².